The lowest BCUT2D eigenvalue weighted by Crippen LogP contribution is -2.64. The van der Waals surface area contributed by atoms with E-state index in [0.29, 0.717) is 13.1 Å². The summed E-state index contributed by atoms with van der Waals surface area (Å²) in [5.74, 6) is 0. The first kappa shape index (κ1) is 33.5. The van der Waals surface area contributed by atoms with Crippen LogP contribution in [0.4, 0.5) is 0 Å². The standard InChI is InChI=1S/C24H52N4O8/c1-23(2,17-25(9-19(33)13-29)10-20(34)14-30)27-5-7-28(8-6-27)24(3,4)18-26(11-21(35)15-31)12-22(36)16-32/h19-22,29-36H,5-18H2,1-4H3. The molecule has 0 bridgehead atoms. The molecule has 12 heteroatoms. The first-order chi connectivity index (χ1) is 16.8. The van der Waals surface area contributed by atoms with E-state index in [1.165, 1.54) is 0 Å². The minimum Gasteiger partial charge on any atom is -0.394 e. The van der Waals surface area contributed by atoms with Gasteiger partial charge in [0.05, 0.1) is 50.8 Å². The van der Waals surface area contributed by atoms with Crippen LogP contribution in [0, 0.1) is 0 Å². The Morgan fingerprint density at radius 2 is 0.750 bits per heavy atom. The van der Waals surface area contributed by atoms with Gasteiger partial charge in [-0.15, -0.1) is 0 Å². The van der Waals surface area contributed by atoms with Gasteiger partial charge in [-0.05, 0) is 27.7 Å². The molecule has 1 rings (SSSR count). The zero-order valence-corrected chi connectivity index (χ0v) is 22.6. The average Bonchev–Trinajstić information content (AvgIpc) is 2.82. The van der Waals surface area contributed by atoms with E-state index < -0.39 is 24.4 Å². The molecule has 0 saturated carbocycles. The zero-order chi connectivity index (χ0) is 27.5. The fraction of sp³-hybridized carbons (Fsp3) is 1.00. The van der Waals surface area contributed by atoms with Crippen LogP contribution in [0.3, 0.4) is 0 Å². The number of aliphatic hydroxyl groups is 8. The molecule has 0 aromatic heterocycles. The Labute approximate surface area is 216 Å². The molecule has 0 spiro atoms. The summed E-state index contributed by atoms with van der Waals surface area (Å²) < 4.78 is 0. The lowest BCUT2D eigenvalue weighted by molar-refractivity contribution is -0.0386. The van der Waals surface area contributed by atoms with Gasteiger partial charge in [-0.2, -0.15) is 0 Å². The molecule has 216 valence electrons. The van der Waals surface area contributed by atoms with Crippen molar-refractivity contribution in [3.8, 4) is 0 Å². The van der Waals surface area contributed by atoms with E-state index in [1.807, 2.05) is 9.80 Å². The van der Waals surface area contributed by atoms with Crippen molar-refractivity contribution in [2.24, 2.45) is 0 Å². The van der Waals surface area contributed by atoms with E-state index >= 15 is 0 Å². The molecule has 8 N–H and O–H groups in total. The van der Waals surface area contributed by atoms with Crippen LogP contribution in [-0.4, -0.2) is 188 Å². The second-order valence-corrected chi connectivity index (χ2v) is 11.3. The fourth-order valence-corrected chi connectivity index (χ4v) is 5.04. The van der Waals surface area contributed by atoms with Crippen LogP contribution in [0.25, 0.3) is 0 Å². The van der Waals surface area contributed by atoms with Crippen molar-refractivity contribution in [1.29, 1.82) is 0 Å². The lowest BCUT2D eigenvalue weighted by atomic mass is 9.96. The number of piperazine rings is 1. The van der Waals surface area contributed by atoms with Crippen LogP contribution in [0.1, 0.15) is 27.7 Å². The summed E-state index contributed by atoms with van der Waals surface area (Å²) in [4.78, 5) is 8.45. The summed E-state index contributed by atoms with van der Waals surface area (Å²) in [5.41, 5.74) is -0.577. The van der Waals surface area contributed by atoms with Gasteiger partial charge < -0.3 is 40.9 Å². The van der Waals surface area contributed by atoms with Crippen molar-refractivity contribution < 1.29 is 40.9 Å². The van der Waals surface area contributed by atoms with Gasteiger partial charge in [0, 0.05) is 76.5 Å². The Balaban J connectivity index is 2.79. The van der Waals surface area contributed by atoms with Crippen LogP contribution in [0.2, 0.25) is 0 Å². The fourth-order valence-electron chi connectivity index (χ4n) is 5.04. The van der Waals surface area contributed by atoms with Crippen molar-refractivity contribution in [2.75, 3.05) is 91.9 Å². The molecule has 12 nitrogen and oxygen atoms in total. The van der Waals surface area contributed by atoms with E-state index in [9.17, 15) is 40.9 Å². The van der Waals surface area contributed by atoms with Crippen LogP contribution in [0.15, 0.2) is 0 Å². The van der Waals surface area contributed by atoms with E-state index in [2.05, 4.69) is 37.5 Å². The van der Waals surface area contributed by atoms with E-state index in [0.717, 1.165) is 26.2 Å². The highest BCUT2D eigenvalue weighted by Gasteiger charge is 2.37. The Kier molecular flexibility index (Phi) is 14.7. The number of aliphatic hydroxyl groups excluding tert-OH is 8. The van der Waals surface area contributed by atoms with Crippen molar-refractivity contribution in [2.45, 2.75) is 63.2 Å². The maximum absolute atomic E-state index is 9.94. The quantitative estimate of drug-likeness (QED) is 0.0879. The van der Waals surface area contributed by atoms with E-state index in [1.54, 1.807) is 0 Å². The molecule has 0 radical (unpaired) electrons. The van der Waals surface area contributed by atoms with Crippen LogP contribution in [-0.2, 0) is 0 Å². The third-order valence-corrected chi connectivity index (χ3v) is 6.93. The highest BCUT2D eigenvalue weighted by molar-refractivity contribution is 4.94. The molecule has 4 unspecified atom stereocenters. The monoisotopic (exact) mass is 524 g/mol. The predicted octanol–water partition coefficient (Wildman–Crippen LogP) is -3.82. The number of nitrogens with zero attached hydrogens (tertiary/aromatic N) is 4. The lowest BCUT2D eigenvalue weighted by Gasteiger charge is -2.50. The van der Waals surface area contributed by atoms with Gasteiger partial charge in [-0.1, -0.05) is 0 Å². The molecule has 4 atom stereocenters. The normalized spacial score (nSPS) is 20.2. The largest absolute Gasteiger partial charge is 0.394 e. The van der Waals surface area contributed by atoms with Crippen molar-refractivity contribution in [3.05, 3.63) is 0 Å². The molecular formula is C24H52N4O8. The Bertz CT molecular complexity index is 518. The summed E-state index contributed by atoms with van der Waals surface area (Å²) >= 11 is 0. The van der Waals surface area contributed by atoms with Gasteiger partial charge in [0.25, 0.3) is 0 Å². The summed E-state index contributed by atoms with van der Waals surface area (Å²) in [5, 5.41) is 76.8. The van der Waals surface area contributed by atoms with Crippen LogP contribution >= 0.6 is 0 Å². The minimum atomic E-state index is -0.930. The first-order valence-corrected chi connectivity index (χ1v) is 12.9. The molecule has 0 aromatic carbocycles. The third-order valence-electron chi connectivity index (χ3n) is 6.93. The van der Waals surface area contributed by atoms with E-state index in [-0.39, 0.29) is 63.7 Å². The number of hydrogen-bond donors (Lipinski definition) is 8. The maximum atomic E-state index is 9.94. The van der Waals surface area contributed by atoms with Gasteiger partial charge in [0.15, 0.2) is 0 Å². The average molecular weight is 525 g/mol. The molecule has 1 fully saturated rings. The molecule has 1 heterocycles. The molecule has 1 saturated heterocycles. The van der Waals surface area contributed by atoms with Crippen molar-refractivity contribution >= 4 is 0 Å². The number of hydrogen-bond acceptors (Lipinski definition) is 12. The molecule has 36 heavy (non-hydrogen) atoms. The van der Waals surface area contributed by atoms with Crippen molar-refractivity contribution in [3.63, 3.8) is 0 Å². The highest BCUT2D eigenvalue weighted by Crippen LogP contribution is 2.24. The molecule has 0 amide bonds. The number of rotatable bonds is 18. The molecular weight excluding hydrogens is 472 g/mol. The topological polar surface area (TPSA) is 175 Å². The SMILES string of the molecule is CC(C)(CN(CC(O)CO)CC(O)CO)N1CCN(C(C)(C)CN(CC(O)CO)CC(O)CO)CC1. The summed E-state index contributed by atoms with van der Waals surface area (Å²) in [6.45, 7) is 11.9. The second-order valence-electron chi connectivity index (χ2n) is 11.3. The second kappa shape index (κ2) is 15.8. The summed E-state index contributed by atoms with van der Waals surface area (Å²) in [6, 6.07) is 0. The Hall–Kier alpha value is -0.480. The molecule has 1 aliphatic heterocycles. The molecule has 1 aliphatic rings. The Morgan fingerprint density at radius 3 is 0.944 bits per heavy atom. The minimum absolute atomic E-state index is 0.194. The van der Waals surface area contributed by atoms with E-state index in [4.69, 9.17) is 0 Å². The molecule has 0 aliphatic carbocycles. The van der Waals surface area contributed by atoms with Gasteiger partial charge in [0.2, 0.25) is 0 Å². The van der Waals surface area contributed by atoms with Crippen molar-refractivity contribution in [1.82, 2.24) is 19.6 Å². The van der Waals surface area contributed by atoms with Crippen LogP contribution < -0.4 is 0 Å². The summed E-state index contributed by atoms with van der Waals surface area (Å²) in [7, 11) is 0. The summed E-state index contributed by atoms with van der Waals surface area (Å²) in [6.07, 6.45) is -3.72. The van der Waals surface area contributed by atoms with Gasteiger partial charge in [0.1, 0.15) is 0 Å². The molecule has 0 aromatic rings. The first-order valence-electron chi connectivity index (χ1n) is 12.9. The van der Waals surface area contributed by atoms with Gasteiger partial charge in [-0.3, -0.25) is 19.6 Å². The predicted molar refractivity (Wildman–Crippen MR) is 137 cm³/mol. The zero-order valence-electron chi connectivity index (χ0n) is 22.6. The van der Waals surface area contributed by atoms with Crippen LogP contribution in [0.5, 0.6) is 0 Å². The maximum Gasteiger partial charge on any atom is 0.0897 e. The highest BCUT2D eigenvalue weighted by atomic mass is 16.3. The third kappa shape index (κ3) is 11.5. The van der Waals surface area contributed by atoms with Gasteiger partial charge in [-0.25, -0.2) is 0 Å². The Morgan fingerprint density at radius 1 is 0.528 bits per heavy atom. The smallest absolute Gasteiger partial charge is 0.0897 e. The van der Waals surface area contributed by atoms with Gasteiger partial charge >= 0.3 is 0 Å².